The molecule has 0 saturated heterocycles. The third-order valence-electron chi connectivity index (χ3n) is 2.76. The highest BCUT2D eigenvalue weighted by Crippen LogP contribution is 2.16. The molecule has 5 N–H and O–H groups in total. The highest BCUT2D eigenvalue weighted by molar-refractivity contribution is 6.01. The third-order valence-corrected chi connectivity index (χ3v) is 2.76. The molecule has 18 heavy (non-hydrogen) atoms. The van der Waals surface area contributed by atoms with Crippen LogP contribution in [0.3, 0.4) is 0 Å². The lowest BCUT2D eigenvalue weighted by atomic mass is 10.3. The number of carbonyl (C=O) groups is 1. The molecule has 3 rings (SSSR count). The van der Waals surface area contributed by atoms with E-state index in [1.807, 2.05) is 0 Å². The molecule has 1 atom stereocenters. The molecule has 1 aliphatic heterocycles. The van der Waals surface area contributed by atoms with Gasteiger partial charge in [0.2, 0.25) is 0 Å². The largest absolute Gasteiger partial charge is 0.480 e. The first-order chi connectivity index (χ1) is 8.63. The summed E-state index contributed by atoms with van der Waals surface area (Å²) < 4.78 is 0. The summed E-state index contributed by atoms with van der Waals surface area (Å²) in [6.07, 6.45) is 0. The molecule has 1 aliphatic rings. The molecule has 0 saturated carbocycles. The number of aliphatic imine (C=N–C) groups is 1. The van der Waals surface area contributed by atoms with Crippen LogP contribution in [-0.2, 0) is 4.79 Å². The van der Waals surface area contributed by atoms with Crippen molar-refractivity contribution in [2.75, 3.05) is 12.3 Å². The number of benzene rings is 1. The van der Waals surface area contributed by atoms with Gasteiger partial charge < -0.3 is 21.1 Å². The Balaban J connectivity index is 2.00. The van der Waals surface area contributed by atoms with Crippen LogP contribution >= 0.6 is 0 Å². The van der Waals surface area contributed by atoms with Crippen molar-refractivity contribution in [3.05, 3.63) is 24.0 Å². The Morgan fingerprint density at radius 1 is 1.50 bits per heavy atom. The molecule has 92 valence electrons. The van der Waals surface area contributed by atoms with Gasteiger partial charge in [-0.3, -0.25) is 0 Å². The van der Waals surface area contributed by atoms with E-state index in [0.717, 1.165) is 11.0 Å². The molecule has 1 aromatic carbocycles. The first-order valence-electron chi connectivity index (χ1n) is 5.43. The lowest BCUT2D eigenvalue weighted by Crippen LogP contribution is -2.26. The quantitative estimate of drug-likeness (QED) is 0.553. The number of nitrogens with zero attached hydrogens (tertiary/aromatic N) is 2. The van der Waals surface area contributed by atoms with Crippen LogP contribution in [0.2, 0.25) is 0 Å². The maximum Gasteiger partial charge on any atom is 0.330 e. The van der Waals surface area contributed by atoms with Gasteiger partial charge in [0.05, 0.1) is 11.0 Å². The van der Waals surface area contributed by atoms with E-state index >= 15 is 0 Å². The number of nitrogen functional groups attached to an aromatic ring is 1. The van der Waals surface area contributed by atoms with Gasteiger partial charge in [0, 0.05) is 12.2 Å². The van der Waals surface area contributed by atoms with Crippen LogP contribution in [0.5, 0.6) is 0 Å². The van der Waals surface area contributed by atoms with Crippen molar-refractivity contribution in [3.63, 3.8) is 0 Å². The normalized spacial score (nSPS) is 18.7. The number of nitrogens with two attached hydrogens (primary N) is 1. The summed E-state index contributed by atoms with van der Waals surface area (Å²) in [6, 6.07) is 4.58. The summed E-state index contributed by atoms with van der Waals surface area (Å²) in [7, 11) is 0. The van der Waals surface area contributed by atoms with E-state index in [1.54, 1.807) is 18.2 Å². The number of nitrogens with one attached hydrogen (secondary N) is 2. The number of aliphatic carboxylic acids is 1. The van der Waals surface area contributed by atoms with Crippen molar-refractivity contribution in [1.29, 1.82) is 0 Å². The van der Waals surface area contributed by atoms with Gasteiger partial charge in [0.25, 0.3) is 0 Å². The van der Waals surface area contributed by atoms with Crippen LogP contribution in [0.1, 0.15) is 5.82 Å². The molecule has 0 radical (unpaired) electrons. The smallest absolute Gasteiger partial charge is 0.330 e. The van der Waals surface area contributed by atoms with E-state index in [1.165, 1.54) is 0 Å². The average molecular weight is 245 g/mol. The van der Waals surface area contributed by atoms with Crippen molar-refractivity contribution in [2.24, 2.45) is 4.99 Å². The highest BCUT2D eigenvalue weighted by Gasteiger charge is 2.25. The zero-order chi connectivity index (χ0) is 12.7. The number of imidazole rings is 1. The fraction of sp³-hybridized carbons (Fsp3) is 0.182. The number of aromatic amines is 1. The Labute approximate surface area is 102 Å². The minimum atomic E-state index is -0.946. The van der Waals surface area contributed by atoms with Gasteiger partial charge in [0.1, 0.15) is 0 Å². The number of carboxylic acids is 1. The minimum absolute atomic E-state index is 0.282. The molecule has 1 aromatic heterocycles. The molecule has 0 amide bonds. The second kappa shape index (κ2) is 3.73. The molecule has 2 aromatic rings. The summed E-state index contributed by atoms with van der Waals surface area (Å²) in [5, 5.41) is 11.8. The van der Waals surface area contributed by atoms with E-state index in [-0.39, 0.29) is 6.54 Å². The first kappa shape index (κ1) is 10.6. The summed E-state index contributed by atoms with van der Waals surface area (Å²) in [5.41, 5.74) is 7.88. The van der Waals surface area contributed by atoms with Gasteiger partial charge in [-0.05, 0) is 18.2 Å². The molecule has 7 heteroatoms. The van der Waals surface area contributed by atoms with Gasteiger partial charge in [-0.1, -0.05) is 0 Å². The summed E-state index contributed by atoms with van der Waals surface area (Å²) in [4.78, 5) is 22.3. The number of aromatic nitrogens is 2. The summed E-state index contributed by atoms with van der Waals surface area (Å²) in [5.74, 6) is 0.0503. The maximum atomic E-state index is 10.8. The fourth-order valence-corrected chi connectivity index (χ4v) is 1.87. The van der Waals surface area contributed by atoms with Crippen LogP contribution in [0.25, 0.3) is 11.0 Å². The Morgan fingerprint density at radius 2 is 2.33 bits per heavy atom. The Morgan fingerprint density at radius 3 is 3.06 bits per heavy atom. The zero-order valence-corrected chi connectivity index (χ0v) is 9.34. The lowest BCUT2D eigenvalue weighted by Gasteiger charge is -1.95. The fourth-order valence-electron chi connectivity index (χ4n) is 1.87. The standard InChI is InChI=1S/C11H11N5O2/c12-5-1-2-6-7(3-5)15-10(14-6)9-13-4-8(16-9)11(17)18/h1-3,8H,4,12H2,(H,13,16)(H,14,15)(H,17,18). The zero-order valence-electron chi connectivity index (χ0n) is 9.34. The number of amidine groups is 1. The van der Waals surface area contributed by atoms with Crippen LogP contribution in [0.4, 0.5) is 5.69 Å². The van der Waals surface area contributed by atoms with Crippen molar-refractivity contribution in [2.45, 2.75) is 6.04 Å². The second-order valence-corrected chi connectivity index (χ2v) is 4.07. The minimum Gasteiger partial charge on any atom is -0.480 e. The molecule has 2 heterocycles. The van der Waals surface area contributed by atoms with Gasteiger partial charge in [-0.15, -0.1) is 0 Å². The van der Waals surface area contributed by atoms with Gasteiger partial charge in [-0.2, -0.15) is 0 Å². The Hall–Kier alpha value is -2.57. The summed E-state index contributed by atoms with van der Waals surface area (Å²) >= 11 is 0. The molecule has 0 fully saturated rings. The van der Waals surface area contributed by atoms with Crippen LogP contribution < -0.4 is 11.1 Å². The molecule has 0 spiro atoms. The topological polar surface area (TPSA) is 116 Å². The van der Waals surface area contributed by atoms with Gasteiger partial charge in [-0.25, -0.2) is 14.8 Å². The number of fused-ring (bicyclic) bond motifs is 1. The van der Waals surface area contributed by atoms with Gasteiger partial charge in [0.15, 0.2) is 17.7 Å². The van der Waals surface area contributed by atoms with E-state index in [0.29, 0.717) is 17.3 Å². The molecule has 0 bridgehead atoms. The van der Waals surface area contributed by atoms with Crippen molar-refractivity contribution in [1.82, 2.24) is 15.3 Å². The number of hydrogen-bond acceptors (Lipinski definition) is 5. The molecule has 7 nitrogen and oxygen atoms in total. The van der Waals surface area contributed by atoms with E-state index in [2.05, 4.69) is 20.3 Å². The van der Waals surface area contributed by atoms with Crippen molar-refractivity contribution >= 4 is 28.5 Å². The van der Waals surface area contributed by atoms with Crippen molar-refractivity contribution in [3.8, 4) is 0 Å². The van der Waals surface area contributed by atoms with Crippen LogP contribution in [0, 0.1) is 0 Å². The Bertz CT molecular complexity index is 660. The van der Waals surface area contributed by atoms with Crippen LogP contribution in [0.15, 0.2) is 23.2 Å². The second-order valence-electron chi connectivity index (χ2n) is 4.07. The predicted octanol–water partition coefficient (Wildman–Crippen LogP) is -0.0519. The highest BCUT2D eigenvalue weighted by atomic mass is 16.4. The molecular formula is C11H11N5O2. The van der Waals surface area contributed by atoms with Crippen LogP contribution in [-0.4, -0.2) is 39.5 Å². The Kier molecular flexibility index (Phi) is 2.19. The van der Waals surface area contributed by atoms with E-state index in [4.69, 9.17) is 10.8 Å². The number of anilines is 1. The molecular weight excluding hydrogens is 234 g/mol. The number of H-pyrrole nitrogens is 1. The maximum absolute atomic E-state index is 10.8. The molecule has 1 unspecified atom stereocenters. The summed E-state index contributed by atoms with van der Waals surface area (Å²) in [6.45, 7) is 0.282. The SMILES string of the molecule is Nc1ccc2nc(C3=NC(C(=O)O)CN3)[nH]c2c1. The lowest BCUT2D eigenvalue weighted by molar-refractivity contribution is -0.138. The number of hydrogen-bond donors (Lipinski definition) is 4. The molecule has 0 aliphatic carbocycles. The van der Waals surface area contributed by atoms with E-state index in [9.17, 15) is 4.79 Å². The average Bonchev–Trinajstić information content (AvgIpc) is 2.93. The first-order valence-corrected chi connectivity index (χ1v) is 5.43. The third kappa shape index (κ3) is 1.65. The number of carboxylic acid groups (broad SMARTS) is 1. The van der Waals surface area contributed by atoms with Crippen molar-refractivity contribution < 1.29 is 9.90 Å². The monoisotopic (exact) mass is 245 g/mol. The van der Waals surface area contributed by atoms with E-state index < -0.39 is 12.0 Å². The predicted molar refractivity (Wildman–Crippen MR) is 66.5 cm³/mol. The number of rotatable bonds is 2. The van der Waals surface area contributed by atoms with Gasteiger partial charge >= 0.3 is 5.97 Å².